The molecule has 1 heterocycles. The van der Waals surface area contributed by atoms with Crippen LogP contribution in [0.3, 0.4) is 0 Å². The monoisotopic (exact) mass is 290 g/mol. The van der Waals surface area contributed by atoms with E-state index in [0.29, 0.717) is 5.75 Å². The second-order valence-corrected chi connectivity index (χ2v) is 7.63. The number of aromatic nitrogens is 1. The molecule has 0 saturated carbocycles. The number of nitrogens with one attached hydrogen (secondary N) is 1. The lowest BCUT2D eigenvalue weighted by Gasteiger charge is -2.17. The van der Waals surface area contributed by atoms with E-state index < -0.39 is 0 Å². The summed E-state index contributed by atoms with van der Waals surface area (Å²) < 4.78 is 2.30. The molecule has 1 aromatic carbocycles. The fourth-order valence-corrected chi connectivity index (χ4v) is 2.67. The van der Waals surface area contributed by atoms with Crippen molar-refractivity contribution in [1.82, 2.24) is 4.57 Å². The van der Waals surface area contributed by atoms with Gasteiger partial charge in [-0.15, -0.1) is 11.8 Å². The first-order valence-electron chi connectivity index (χ1n) is 6.92. The van der Waals surface area contributed by atoms with Gasteiger partial charge in [-0.2, -0.15) is 0 Å². The van der Waals surface area contributed by atoms with Gasteiger partial charge in [0.15, 0.2) is 0 Å². The Morgan fingerprint density at radius 3 is 2.70 bits per heavy atom. The number of aryl methyl sites for hydroxylation is 1. The van der Waals surface area contributed by atoms with Crippen molar-refractivity contribution < 1.29 is 4.79 Å². The Morgan fingerprint density at radius 1 is 1.30 bits per heavy atom. The molecule has 0 spiro atoms. The highest BCUT2D eigenvalue weighted by Crippen LogP contribution is 2.24. The first kappa shape index (κ1) is 15.0. The third kappa shape index (κ3) is 3.79. The number of benzene rings is 1. The minimum absolute atomic E-state index is 0.0548. The normalized spacial score (nSPS) is 11.8. The van der Waals surface area contributed by atoms with Crippen molar-refractivity contribution in [3.63, 3.8) is 0 Å². The van der Waals surface area contributed by atoms with E-state index in [4.69, 9.17) is 0 Å². The lowest BCUT2D eigenvalue weighted by Crippen LogP contribution is -2.18. The lowest BCUT2D eigenvalue weighted by molar-refractivity contribution is -0.113. The van der Waals surface area contributed by atoms with Gasteiger partial charge in [0.25, 0.3) is 0 Å². The Kier molecular flexibility index (Phi) is 4.43. The zero-order chi connectivity index (χ0) is 14.8. The number of hydrogen-bond donors (Lipinski definition) is 1. The lowest BCUT2D eigenvalue weighted by atomic mass is 10.2. The van der Waals surface area contributed by atoms with Gasteiger partial charge in [0.2, 0.25) is 5.91 Å². The van der Waals surface area contributed by atoms with Crippen LogP contribution in [-0.4, -0.2) is 21.0 Å². The molecule has 20 heavy (non-hydrogen) atoms. The van der Waals surface area contributed by atoms with Crippen LogP contribution in [0.1, 0.15) is 27.7 Å². The number of nitrogens with zero attached hydrogens (tertiary/aromatic N) is 1. The second kappa shape index (κ2) is 5.92. The van der Waals surface area contributed by atoms with Gasteiger partial charge in [-0.1, -0.05) is 20.8 Å². The van der Waals surface area contributed by atoms with Crippen LogP contribution in [0.5, 0.6) is 0 Å². The molecular weight excluding hydrogens is 268 g/mol. The zero-order valence-corrected chi connectivity index (χ0v) is 13.4. The van der Waals surface area contributed by atoms with Gasteiger partial charge in [-0.25, -0.2) is 0 Å². The summed E-state index contributed by atoms with van der Waals surface area (Å²) in [5, 5.41) is 4.13. The summed E-state index contributed by atoms with van der Waals surface area (Å²) in [6.07, 6.45) is 2.08. The van der Waals surface area contributed by atoms with Crippen LogP contribution in [-0.2, 0) is 11.3 Å². The van der Waals surface area contributed by atoms with Gasteiger partial charge >= 0.3 is 0 Å². The maximum absolute atomic E-state index is 11.9. The molecule has 1 N–H and O–H groups in total. The SMILES string of the molecule is CCn1ccc2cc(NC(=O)CSC(C)(C)C)ccc21. The number of thioether (sulfide) groups is 1. The van der Waals surface area contributed by atoms with Gasteiger partial charge in [0.1, 0.15) is 0 Å². The van der Waals surface area contributed by atoms with Crippen LogP contribution in [0, 0.1) is 0 Å². The largest absolute Gasteiger partial charge is 0.348 e. The first-order chi connectivity index (χ1) is 9.39. The van der Waals surface area contributed by atoms with Crippen molar-refractivity contribution in [3.05, 3.63) is 30.5 Å². The van der Waals surface area contributed by atoms with E-state index in [1.807, 2.05) is 12.1 Å². The molecule has 4 heteroatoms. The van der Waals surface area contributed by atoms with Gasteiger partial charge in [-0.05, 0) is 31.2 Å². The van der Waals surface area contributed by atoms with Crippen LogP contribution in [0.2, 0.25) is 0 Å². The van der Waals surface area contributed by atoms with Gasteiger partial charge < -0.3 is 9.88 Å². The highest BCUT2D eigenvalue weighted by Gasteiger charge is 2.13. The molecule has 2 aromatic rings. The van der Waals surface area contributed by atoms with E-state index >= 15 is 0 Å². The van der Waals surface area contributed by atoms with Crippen molar-refractivity contribution >= 4 is 34.3 Å². The Labute approximate surface area is 124 Å². The Morgan fingerprint density at radius 2 is 2.05 bits per heavy atom. The summed E-state index contributed by atoms with van der Waals surface area (Å²) in [7, 11) is 0. The van der Waals surface area contributed by atoms with Crippen LogP contribution in [0.25, 0.3) is 10.9 Å². The maximum Gasteiger partial charge on any atom is 0.234 e. The van der Waals surface area contributed by atoms with E-state index in [9.17, 15) is 4.79 Å². The highest BCUT2D eigenvalue weighted by atomic mass is 32.2. The molecule has 0 fully saturated rings. The van der Waals surface area contributed by atoms with Crippen LogP contribution >= 0.6 is 11.8 Å². The van der Waals surface area contributed by atoms with Gasteiger partial charge in [0, 0.05) is 34.1 Å². The molecule has 0 radical (unpaired) electrons. The summed E-state index contributed by atoms with van der Waals surface area (Å²) >= 11 is 1.66. The maximum atomic E-state index is 11.9. The molecule has 0 atom stereocenters. The summed E-state index contributed by atoms with van der Waals surface area (Å²) in [6.45, 7) is 9.43. The van der Waals surface area contributed by atoms with Crippen molar-refractivity contribution in [1.29, 1.82) is 0 Å². The highest BCUT2D eigenvalue weighted by molar-refractivity contribution is 8.01. The Balaban J connectivity index is 2.05. The predicted molar refractivity (Wildman–Crippen MR) is 88.5 cm³/mol. The average Bonchev–Trinajstić information content (AvgIpc) is 2.78. The summed E-state index contributed by atoms with van der Waals surface area (Å²) in [4.78, 5) is 11.9. The summed E-state index contributed by atoms with van der Waals surface area (Å²) in [5.41, 5.74) is 2.07. The standard InChI is InChI=1S/C16H22N2OS/c1-5-18-9-8-12-10-13(6-7-14(12)18)17-15(19)11-20-16(2,3)4/h6-10H,5,11H2,1-4H3,(H,17,19). The van der Waals surface area contributed by atoms with E-state index in [2.05, 4.69) is 55.9 Å². The van der Waals surface area contributed by atoms with Gasteiger partial charge in [0.05, 0.1) is 5.75 Å². The predicted octanol–water partition coefficient (Wildman–Crippen LogP) is 4.13. The molecule has 1 amide bonds. The van der Waals surface area contributed by atoms with Crippen molar-refractivity contribution in [2.45, 2.75) is 39.0 Å². The van der Waals surface area contributed by atoms with Crippen LogP contribution in [0.15, 0.2) is 30.5 Å². The molecule has 0 unspecified atom stereocenters. The molecule has 0 aliphatic heterocycles. The number of anilines is 1. The summed E-state index contributed by atoms with van der Waals surface area (Å²) in [6, 6.07) is 8.14. The molecule has 0 bridgehead atoms. The van der Waals surface area contributed by atoms with Crippen molar-refractivity contribution in [3.8, 4) is 0 Å². The molecule has 0 saturated heterocycles. The van der Waals surface area contributed by atoms with E-state index in [1.54, 1.807) is 11.8 Å². The second-order valence-electron chi connectivity index (χ2n) is 5.82. The smallest absolute Gasteiger partial charge is 0.234 e. The van der Waals surface area contributed by atoms with E-state index in [0.717, 1.165) is 17.6 Å². The van der Waals surface area contributed by atoms with Crippen LogP contribution < -0.4 is 5.32 Å². The third-order valence-corrected chi connectivity index (χ3v) is 4.30. The van der Waals surface area contributed by atoms with Crippen molar-refractivity contribution in [2.75, 3.05) is 11.1 Å². The Hall–Kier alpha value is -1.42. The minimum Gasteiger partial charge on any atom is -0.348 e. The molecule has 2 rings (SSSR count). The fourth-order valence-electron chi connectivity index (χ4n) is 2.03. The molecule has 1 aromatic heterocycles. The average molecular weight is 290 g/mol. The number of carbonyl (C=O) groups is 1. The minimum atomic E-state index is 0.0548. The topological polar surface area (TPSA) is 34.0 Å². The zero-order valence-electron chi connectivity index (χ0n) is 12.6. The van der Waals surface area contributed by atoms with Gasteiger partial charge in [-0.3, -0.25) is 4.79 Å². The Bertz CT molecular complexity index is 610. The molecule has 0 aliphatic rings. The molecule has 108 valence electrons. The third-order valence-electron chi connectivity index (χ3n) is 3.03. The number of fused-ring (bicyclic) bond motifs is 1. The molecule has 3 nitrogen and oxygen atoms in total. The number of hydrogen-bond acceptors (Lipinski definition) is 2. The first-order valence-corrected chi connectivity index (χ1v) is 7.90. The van der Waals surface area contributed by atoms with Crippen molar-refractivity contribution in [2.24, 2.45) is 0 Å². The molecule has 0 aliphatic carbocycles. The molecular formula is C16H22N2OS. The quantitative estimate of drug-likeness (QED) is 0.918. The van der Waals surface area contributed by atoms with E-state index in [-0.39, 0.29) is 10.7 Å². The number of amides is 1. The summed E-state index contributed by atoms with van der Waals surface area (Å²) in [5.74, 6) is 0.538. The number of carbonyl (C=O) groups excluding carboxylic acids is 1. The van der Waals surface area contributed by atoms with E-state index in [1.165, 1.54) is 5.52 Å². The number of rotatable bonds is 4. The van der Waals surface area contributed by atoms with Crippen LogP contribution in [0.4, 0.5) is 5.69 Å². The fraction of sp³-hybridized carbons (Fsp3) is 0.438.